The lowest BCUT2D eigenvalue weighted by Crippen LogP contribution is -2.89. The lowest BCUT2D eigenvalue weighted by molar-refractivity contribution is -0.705. The summed E-state index contributed by atoms with van der Waals surface area (Å²) < 4.78 is 0. The highest BCUT2D eigenvalue weighted by molar-refractivity contribution is 6.21. The highest BCUT2D eigenvalue weighted by Crippen LogP contribution is 2.21. The minimum Gasteiger partial charge on any atom is -0.322 e. The quantitative estimate of drug-likeness (QED) is 0.690. The minimum atomic E-state index is -0.210. The van der Waals surface area contributed by atoms with Gasteiger partial charge in [-0.3, -0.25) is 9.59 Å². The molecular weight excluding hydrogens is 336 g/mol. The number of hydrogen-bond donors (Lipinski definition) is 1. The Morgan fingerprint density at radius 2 is 1.22 bits per heavy atom. The molecule has 1 heterocycles. The Morgan fingerprint density at radius 1 is 0.704 bits per heavy atom. The van der Waals surface area contributed by atoms with Crippen LogP contribution in [-0.4, -0.2) is 23.4 Å². The molecule has 1 atom stereocenters. The second-order valence-corrected chi connectivity index (χ2v) is 6.71. The zero-order chi connectivity index (χ0) is 18.6. The molecule has 2 N–H and O–H groups in total. The summed E-state index contributed by atoms with van der Waals surface area (Å²) in [5.74, 6) is -0.420. The van der Waals surface area contributed by atoms with Crippen LogP contribution < -0.4 is 5.32 Å². The number of carbonyl (C=O) groups excluding carboxylic acids is 2. The topological polar surface area (TPSA) is 54.0 Å². The summed E-state index contributed by atoms with van der Waals surface area (Å²) >= 11 is 0. The number of quaternary nitrogens is 1. The van der Waals surface area contributed by atoms with Crippen LogP contribution >= 0.6 is 0 Å². The molecule has 3 aromatic carbocycles. The summed E-state index contributed by atoms with van der Waals surface area (Å²) in [6.07, 6.45) is 0.827. The van der Waals surface area contributed by atoms with Gasteiger partial charge in [-0.2, -0.15) is 0 Å². The van der Waals surface area contributed by atoms with Crippen molar-refractivity contribution >= 4 is 11.8 Å². The van der Waals surface area contributed by atoms with Crippen molar-refractivity contribution in [1.29, 1.82) is 0 Å². The summed E-state index contributed by atoms with van der Waals surface area (Å²) in [4.78, 5) is 26.5. The van der Waals surface area contributed by atoms with E-state index in [2.05, 4.69) is 29.6 Å². The Balaban J connectivity index is 1.53. The van der Waals surface area contributed by atoms with Gasteiger partial charge in [0.15, 0.2) is 6.67 Å². The first-order chi connectivity index (χ1) is 13.2. The Hall–Kier alpha value is -3.24. The van der Waals surface area contributed by atoms with Crippen LogP contribution in [-0.2, 0) is 6.42 Å². The summed E-state index contributed by atoms with van der Waals surface area (Å²) in [7, 11) is 0. The molecular formula is C23H21N2O2+. The third-order valence-corrected chi connectivity index (χ3v) is 4.98. The number of benzene rings is 3. The van der Waals surface area contributed by atoms with Crippen molar-refractivity contribution in [1.82, 2.24) is 4.90 Å². The van der Waals surface area contributed by atoms with Gasteiger partial charge in [0.1, 0.15) is 6.04 Å². The summed E-state index contributed by atoms with van der Waals surface area (Å²) in [6.45, 7) is 0.304. The van der Waals surface area contributed by atoms with Crippen molar-refractivity contribution in [3.8, 4) is 0 Å². The van der Waals surface area contributed by atoms with E-state index in [0.717, 1.165) is 6.42 Å². The highest BCUT2D eigenvalue weighted by atomic mass is 16.2. The fourth-order valence-corrected chi connectivity index (χ4v) is 3.54. The lowest BCUT2D eigenvalue weighted by Gasteiger charge is -2.20. The standard InChI is InChI=1S/C23H20N2O2/c26-22-19-13-7-8-14-20(19)23(27)25(22)16-24-21(18-11-5-2-6-12-18)15-17-9-3-1-4-10-17/h1-14,21,24H,15-16H2/p+1/t21-/m0/s1. The van der Waals surface area contributed by atoms with E-state index in [1.165, 1.54) is 16.0 Å². The zero-order valence-electron chi connectivity index (χ0n) is 14.9. The molecule has 4 rings (SSSR count). The number of imide groups is 1. The second kappa shape index (κ2) is 7.56. The molecule has 0 aromatic heterocycles. The molecule has 0 spiro atoms. The minimum absolute atomic E-state index is 0.123. The molecule has 1 aliphatic heterocycles. The van der Waals surface area contributed by atoms with Gasteiger partial charge in [-0.15, -0.1) is 0 Å². The molecule has 134 valence electrons. The third-order valence-electron chi connectivity index (χ3n) is 4.98. The van der Waals surface area contributed by atoms with Crippen molar-refractivity contribution < 1.29 is 14.9 Å². The number of hydrogen-bond acceptors (Lipinski definition) is 2. The van der Waals surface area contributed by atoms with Crippen molar-refractivity contribution in [3.05, 3.63) is 107 Å². The van der Waals surface area contributed by atoms with Crippen molar-refractivity contribution in [2.75, 3.05) is 6.67 Å². The van der Waals surface area contributed by atoms with E-state index < -0.39 is 0 Å². The molecule has 0 bridgehead atoms. The molecule has 4 heteroatoms. The molecule has 4 nitrogen and oxygen atoms in total. The van der Waals surface area contributed by atoms with Crippen LogP contribution in [0.5, 0.6) is 0 Å². The first kappa shape index (κ1) is 17.2. The Labute approximate surface area is 158 Å². The first-order valence-electron chi connectivity index (χ1n) is 9.11. The predicted octanol–water partition coefficient (Wildman–Crippen LogP) is 2.79. The molecule has 2 amide bonds. The molecule has 0 saturated carbocycles. The van der Waals surface area contributed by atoms with Crippen LogP contribution in [0.3, 0.4) is 0 Å². The lowest BCUT2D eigenvalue weighted by atomic mass is 9.99. The van der Waals surface area contributed by atoms with Crippen molar-refractivity contribution in [3.63, 3.8) is 0 Å². The van der Waals surface area contributed by atoms with Crippen LogP contribution in [0.25, 0.3) is 0 Å². The Kier molecular flexibility index (Phi) is 4.81. The molecule has 27 heavy (non-hydrogen) atoms. The number of nitrogens with zero attached hydrogens (tertiary/aromatic N) is 1. The smallest absolute Gasteiger partial charge is 0.265 e. The zero-order valence-corrected chi connectivity index (χ0v) is 14.9. The monoisotopic (exact) mass is 357 g/mol. The molecule has 1 aliphatic rings. The summed E-state index contributed by atoms with van der Waals surface area (Å²) in [6, 6.07) is 27.6. The van der Waals surface area contributed by atoms with Gasteiger partial charge in [-0.05, 0) is 17.7 Å². The van der Waals surface area contributed by atoms with Gasteiger partial charge in [-0.25, -0.2) is 4.90 Å². The van der Waals surface area contributed by atoms with Gasteiger partial charge >= 0.3 is 0 Å². The highest BCUT2D eigenvalue weighted by Gasteiger charge is 2.36. The average Bonchev–Trinajstić information content (AvgIpc) is 2.97. The molecule has 0 unspecified atom stereocenters. The molecule has 0 radical (unpaired) electrons. The Morgan fingerprint density at radius 3 is 1.81 bits per heavy atom. The van der Waals surface area contributed by atoms with Gasteiger partial charge in [0.2, 0.25) is 0 Å². The summed E-state index contributed by atoms with van der Waals surface area (Å²) in [5, 5.41) is 2.07. The van der Waals surface area contributed by atoms with Crippen LogP contribution in [0.4, 0.5) is 0 Å². The second-order valence-electron chi connectivity index (χ2n) is 6.71. The SMILES string of the molecule is O=C1c2ccccc2C(=O)N1C[NH2+][C@@H](Cc1ccccc1)c1ccccc1. The van der Waals surface area contributed by atoms with Gasteiger partial charge < -0.3 is 5.32 Å². The van der Waals surface area contributed by atoms with E-state index in [1.54, 1.807) is 24.3 Å². The van der Waals surface area contributed by atoms with Gasteiger partial charge in [-0.1, -0.05) is 72.8 Å². The molecule has 0 aliphatic carbocycles. The van der Waals surface area contributed by atoms with E-state index in [0.29, 0.717) is 17.8 Å². The first-order valence-corrected chi connectivity index (χ1v) is 9.11. The van der Waals surface area contributed by atoms with E-state index in [4.69, 9.17) is 0 Å². The number of nitrogens with two attached hydrogens (primary N) is 1. The molecule has 3 aromatic rings. The van der Waals surface area contributed by atoms with Crippen LogP contribution in [0.2, 0.25) is 0 Å². The fourth-order valence-electron chi connectivity index (χ4n) is 3.54. The van der Waals surface area contributed by atoms with E-state index in [9.17, 15) is 9.59 Å². The van der Waals surface area contributed by atoms with Crippen molar-refractivity contribution in [2.45, 2.75) is 12.5 Å². The van der Waals surface area contributed by atoms with Crippen molar-refractivity contribution in [2.24, 2.45) is 0 Å². The van der Waals surface area contributed by atoms with E-state index >= 15 is 0 Å². The average molecular weight is 357 g/mol. The van der Waals surface area contributed by atoms with E-state index in [1.807, 2.05) is 36.4 Å². The van der Waals surface area contributed by atoms with Crippen LogP contribution in [0, 0.1) is 0 Å². The Bertz CT molecular complexity index is 919. The van der Waals surface area contributed by atoms with Gasteiger partial charge in [0.05, 0.1) is 11.1 Å². The van der Waals surface area contributed by atoms with Crippen LogP contribution in [0.1, 0.15) is 37.9 Å². The molecule has 0 fully saturated rings. The van der Waals surface area contributed by atoms with Crippen LogP contribution in [0.15, 0.2) is 84.9 Å². The van der Waals surface area contributed by atoms with Gasteiger partial charge in [0, 0.05) is 12.0 Å². The predicted molar refractivity (Wildman–Crippen MR) is 103 cm³/mol. The van der Waals surface area contributed by atoms with E-state index in [-0.39, 0.29) is 17.9 Å². The van der Waals surface area contributed by atoms with Gasteiger partial charge in [0.25, 0.3) is 11.8 Å². The fraction of sp³-hybridized carbons (Fsp3) is 0.130. The number of amides is 2. The maximum Gasteiger partial charge on any atom is 0.265 e. The maximum absolute atomic E-state index is 12.6. The summed E-state index contributed by atoms with van der Waals surface area (Å²) in [5.41, 5.74) is 3.40. The normalized spacial score (nSPS) is 14.3. The maximum atomic E-state index is 12.6. The molecule has 0 saturated heterocycles. The third kappa shape index (κ3) is 3.52. The number of rotatable bonds is 6. The number of fused-ring (bicyclic) bond motifs is 1. The largest absolute Gasteiger partial charge is 0.322 e. The number of carbonyl (C=O) groups is 2.